The fourth-order valence-corrected chi connectivity index (χ4v) is 6.69. The lowest BCUT2D eigenvalue weighted by molar-refractivity contribution is -0.138. The molecule has 206 valence electrons. The Morgan fingerprint density at radius 3 is 2.70 bits per heavy atom. The number of methoxy groups -OCH3 is 1. The number of aliphatic hydroxyl groups is 1. The lowest BCUT2D eigenvalue weighted by atomic mass is 9.73. The molecule has 1 amide bonds. The molecule has 3 atom stereocenters. The van der Waals surface area contributed by atoms with Gasteiger partial charge in [-0.05, 0) is 82.2 Å². The van der Waals surface area contributed by atoms with Crippen LogP contribution < -0.4 is 0 Å². The van der Waals surface area contributed by atoms with E-state index < -0.39 is 5.60 Å². The van der Waals surface area contributed by atoms with Gasteiger partial charge in [-0.25, -0.2) is 0 Å². The number of benzene rings is 1. The third-order valence-corrected chi connectivity index (χ3v) is 8.58. The zero-order chi connectivity index (χ0) is 26.7. The molecule has 1 N–H and O–H groups in total. The summed E-state index contributed by atoms with van der Waals surface area (Å²) >= 11 is 0. The summed E-state index contributed by atoms with van der Waals surface area (Å²) in [7, 11) is 5.91. The molecule has 1 saturated carbocycles. The summed E-state index contributed by atoms with van der Waals surface area (Å²) in [5.74, 6) is 1.32. The first-order valence-electron chi connectivity index (χ1n) is 14.5. The highest BCUT2D eigenvalue weighted by Gasteiger charge is 2.41. The summed E-state index contributed by atoms with van der Waals surface area (Å²) in [4.78, 5) is 17.8. The molecule has 1 heterocycles. The van der Waals surface area contributed by atoms with Crippen molar-refractivity contribution in [3.8, 4) is 6.07 Å². The van der Waals surface area contributed by atoms with Crippen LogP contribution in [-0.4, -0.2) is 68.3 Å². The van der Waals surface area contributed by atoms with Crippen LogP contribution in [0, 0.1) is 29.1 Å². The number of piperidine rings is 1. The van der Waals surface area contributed by atoms with E-state index in [1.54, 1.807) is 13.2 Å². The Kier molecular flexibility index (Phi) is 11.9. The van der Waals surface area contributed by atoms with Gasteiger partial charge in [-0.3, -0.25) is 4.79 Å². The van der Waals surface area contributed by atoms with E-state index in [1.807, 2.05) is 23.1 Å². The van der Waals surface area contributed by atoms with Gasteiger partial charge in [0.25, 0.3) is 0 Å². The molecular formula is C31H49N3O3. The van der Waals surface area contributed by atoms with Crippen molar-refractivity contribution in [1.82, 2.24) is 9.80 Å². The highest BCUT2D eigenvalue weighted by atomic mass is 16.5. The first kappa shape index (κ1) is 29.6. The normalized spacial score (nSPS) is 21.4. The van der Waals surface area contributed by atoms with Gasteiger partial charge in [-0.2, -0.15) is 5.26 Å². The van der Waals surface area contributed by atoms with Gasteiger partial charge in [-0.1, -0.05) is 44.2 Å². The van der Waals surface area contributed by atoms with Gasteiger partial charge in [0.1, 0.15) is 0 Å². The maximum absolute atomic E-state index is 13.6. The van der Waals surface area contributed by atoms with Crippen molar-refractivity contribution in [3.05, 3.63) is 35.4 Å². The van der Waals surface area contributed by atoms with Crippen LogP contribution in [0.3, 0.4) is 0 Å². The molecule has 37 heavy (non-hydrogen) atoms. The summed E-state index contributed by atoms with van der Waals surface area (Å²) in [6, 6.07) is 9.62. The van der Waals surface area contributed by atoms with Crippen LogP contribution in [-0.2, 0) is 15.1 Å². The average Bonchev–Trinajstić information content (AvgIpc) is 2.91. The predicted octanol–water partition coefficient (Wildman–Crippen LogP) is 5.34. The summed E-state index contributed by atoms with van der Waals surface area (Å²) < 4.78 is 5.23. The number of nitriles is 1. The molecule has 0 spiro atoms. The van der Waals surface area contributed by atoms with Crippen molar-refractivity contribution in [3.63, 3.8) is 0 Å². The highest BCUT2D eigenvalue weighted by molar-refractivity contribution is 5.76. The number of carbonyl (C=O) groups is 1. The SMILES string of the molecule is COCCCC[C@@](O)(c1cccc(C#N)c1)[C@@H]1CCCN(C(=O)C[C@@H](CC2CCCCC2)CN(C)C)C1. The Hall–Kier alpha value is -1.94. The van der Waals surface area contributed by atoms with Crippen LogP contribution in [0.15, 0.2) is 24.3 Å². The molecule has 0 aromatic heterocycles. The molecule has 0 radical (unpaired) electrons. The van der Waals surface area contributed by atoms with Crippen LogP contribution in [0.5, 0.6) is 0 Å². The molecular weight excluding hydrogens is 462 g/mol. The van der Waals surface area contributed by atoms with Gasteiger partial charge in [0, 0.05) is 45.7 Å². The molecule has 2 fully saturated rings. The van der Waals surface area contributed by atoms with Gasteiger partial charge < -0.3 is 19.6 Å². The zero-order valence-corrected chi connectivity index (χ0v) is 23.5. The van der Waals surface area contributed by atoms with Crippen molar-refractivity contribution in [2.75, 3.05) is 47.4 Å². The minimum atomic E-state index is -1.06. The molecule has 1 saturated heterocycles. The topological polar surface area (TPSA) is 76.8 Å². The van der Waals surface area contributed by atoms with Gasteiger partial charge in [0.15, 0.2) is 0 Å². The first-order valence-corrected chi connectivity index (χ1v) is 14.5. The lowest BCUT2D eigenvalue weighted by Gasteiger charge is -2.43. The predicted molar refractivity (Wildman–Crippen MR) is 148 cm³/mol. The summed E-state index contributed by atoms with van der Waals surface area (Å²) in [6.07, 6.45) is 12.5. The fourth-order valence-electron chi connectivity index (χ4n) is 6.69. The molecule has 0 unspecified atom stereocenters. The second-order valence-electron chi connectivity index (χ2n) is 11.8. The molecule has 3 rings (SSSR count). The molecule has 1 aliphatic carbocycles. The third kappa shape index (κ3) is 8.80. The molecule has 0 bridgehead atoms. The van der Waals surface area contributed by atoms with Gasteiger partial charge in [0.05, 0.1) is 17.2 Å². The minimum Gasteiger partial charge on any atom is -0.385 e. The Labute approximate surface area is 225 Å². The number of carbonyl (C=O) groups excluding carboxylic acids is 1. The summed E-state index contributed by atoms with van der Waals surface area (Å²) in [6.45, 7) is 2.96. The van der Waals surface area contributed by atoms with Crippen molar-refractivity contribution in [1.29, 1.82) is 5.26 Å². The molecule has 1 aliphatic heterocycles. The molecule has 1 aromatic carbocycles. The molecule has 2 aliphatic rings. The number of nitrogens with zero attached hydrogens (tertiary/aromatic N) is 3. The maximum Gasteiger partial charge on any atom is 0.222 e. The van der Waals surface area contributed by atoms with E-state index in [4.69, 9.17) is 4.74 Å². The van der Waals surface area contributed by atoms with Crippen LogP contribution in [0.25, 0.3) is 0 Å². The highest BCUT2D eigenvalue weighted by Crippen LogP contribution is 2.40. The Bertz CT molecular complexity index is 877. The third-order valence-electron chi connectivity index (χ3n) is 8.58. The van der Waals surface area contributed by atoms with E-state index in [0.717, 1.165) is 56.7 Å². The number of amides is 1. The minimum absolute atomic E-state index is 0.0488. The van der Waals surface area contributed by atoms with E-state index in [2.05, 4.69) is 25.1 Å². The first-order chi connectivity index (χ1) is 17.9. The van der Waals surface area contributed by atoms with Crippen LogP contribution in [0.1, 0.15) is 88.2 Å². The van der Waals surface area contributed by atoms with Crippen molar-refractivity contribution >= 4 is 5.91 Å². The second-order valence-corrected chi connectivity index (χ2v) is 11.8. The second kappa shape index (κ2) is 14.9. The van der Waals surface area contributed by atoms with Gasteiger partial charge in [0.2, 0.25) is 5.91 Å². The number of ether oxygens (including phenoxy) is 1. The molecule has 6 heteroatoms. The molecule has 6 nitrogen and oxygen atoms in total. The van der Waals surface area contributed by atoms with Crippen molar-refractivity contribution in [2.24, 2.45) is 17.8 Å². The van der Waals surface area contributed by atoms with E-state index in [-0.39, 0.29) is 11.8 Å². The van der Waals surface area contributed by atoms with E-state index in [9.17, 15) is 15.2 Å². The average molecular weight is 512 g/mol. The monoisotopic (exact) mass is 511 g/mol. The standard InChI is InChI=1S/C31H49N3O3/c1-33(2)23-27(19-25-11-5-4-6-12-25)21-30(35)34-17-10-15-29(24-34)31(36,16-7-8-18-37-3)28-14-9-13-26(20-28)22-32/h9,13-14,20,25,27,29,36H,4-8,10-12,15-19,21,23-24H2,1-3H3/t27-,29-,31-/m1/s1. The number of likely N-dealkylation sites (tertiary alicyclic amines) is 1. The number of unbranched alkanes of at least 4 members (excludes halogenated alkanes) is 1. The lowest BCUT2D eigenvalue weighted by Crippen LogP contribution is -2.48. The van der Waals surface area contributed by atoms with Gasteiger partial charge >= 0.3 is 0 Å². The summed E-state index contributed by atoms with van der Waals surface area (Å²) in [5, 5.41) is 21.6. The largest absolute Gasteiger partial charge is 0.385 e. The van der Waals surface area contributed by atoms with Crippen LogP contribution in [0.2, 0.25) is 0 Å². The Morgan fingerprint density at radius 2 is 2.00 bits per heavy atom. The van der Waals surface area contributed by atoms with E-state index in [1.165, 1.54) is 32.1 Å². The Balaban J connectivity index is 1.72. The van der Waals surface area contributed by atoms with Gasteiger partial charge in [-0.15, -0.1) is 0 Å². The number of rotatable bonds is 13. The maximum atomic E-state index is 13.6. The number of hydrogen-bond donors (Lipinski definition) is 1. The fraction of sp³-hybridized carbons (Fsp3) is 0.742. The van der Waals surface area contributed by atoms with Crippen LogP contribution >= 0.6 is 0 Å². The molecule has 1 aromatic rings. The number of hydrogen-bond acceptors (Lipinski definition) is 5. The quantitative estimate of drug-likeness (QED) is 0.362. The van der Waals surface area contributed by atoms with Crippen LogP contribution in [0.4, 0.5) is 0 Å². The van der Waals surface area contributed by atoms with E-state index in [0.29, 0.717) is 37.5 Å². The van der Waals surface area contributed by atoms with E-state index >= 15 is 0 Å². The summed E-state index contributed by atoms with van der Waals surface area (Å²) in [5.41, 5.74) is 0.293. The smallest absolute Gasteiger partial charge is 0.222 e. The van der Waals surface area contributed by atoms with Crippen molar-refractivity contribution < 1.29 is 14.6 Å². The zero-order valence-electron chi connectivity index (χ0n) is 23.5. The van der Waals surface area contributed by atoms with Crippen molar-refractivity contribution in [2.45, 2.75) is 82.7 Å². The Morgan fingerprint density at radius 1 is 1.22 bits per heavy atom.